The molecule has 0 spiro atoms. The molecule has 0 aliphatic rings. The highest BCUT2D eigenvalue weighted by Gasteiger charge is 2.07. The van der Waals surface area contributed by atoms with Gasteiger partial charge in [0.1, 0.15) is 18.1 Å². The molecule has 0 unspecified atom stereocenters. The third-order valence-electron chi connectivity index (χ3n) is 3.43. The van der Waals surface area contributed by atoms with Crippen molar-refractivity contribution in [2.45, 2.75) is 0 Å². The van der Waals surface area contributed by atoms with Gasteiger partial charge in [-0.25, -0.2) is 0 Å². The van der Waals surface area contributed by atoms with E-state index in [2.05, 4.69) is 5.32 Å². The minimum absolute atomic E-state index is 0.0396. The van der Waals surface area contributed by atoms with Crippen LogP contribution in [0.1, 0.15) is 0 Å². The summed E-state index contributed by atoms with van der Waals surface area (Å²) in [6.07, 6.45) is 0. The van der Waals surface area contributed by atoms with Crippen LogP contribution in [-0.2, 0) is 0 Å². The summed E-state index contributed by atoms with van der Waals surface area (Å²) in [5.74, 6) is 1.53. The molecule has 8 heteroatoms. The van der Waals surface area contributed by atoms with Crippen molar-refractivity contribution in [2.24, 2.45) is 0 Å². The van der Waals surface area contributed by atoms with E-state index >= 15 is 0 Å². The Morgan fingerprint density at radius 2 is 1.76 bits per heavy atom. The number of anilines is 1. The Labute approximate surface area is 151 Å². The molecule has 0 heterocycles. The highest BCUT2D eigenvalue weighted by atomic mass is 32.1. The van der Waals surface area contributed by atoms with Gasteiger partial charge in [0.25, 0.3) is 5.69 Å². The summed E-state index contributed by atoms with van der Waals surface area (Å²) in [7, 11) is 3.46. The maximum atomic E-state index is 10.6. The van der Waals surface area contributed by atoms with Crippen LogP contribution >= 0.6 is 12.2 Å². The number of methoxy groups -OCH3 is 1. The van der Waals surface area contributed by atoms with Crippen LogP contribution in [0.5, 0.6) is 11.5 Å². The summed E-state index contributed by atoms with van der Waals surface area (Å²) in [4.78, 5) is 12.0. The van der Waals surface area contributed by atoms with Crippen molar-refractivity contribution in [3.05, 3.63) is 58.6 Å². The predicted octanol–water partition coefficient (Wildman–Crippen LogP) is 3.31. The first kappa shape index (κ1) is 18.5. The standard InChI is InChI=1S/C17H19N3O4S/c1-19(11-12-24-16-9-7-15(23-2)8-10-16)17(25)18-13-3-5-14(6-4-13)20(21)22/h3-10H,11-12H2,1-2H3,(H,18,25). The van der Waals surface area contributed by atoms with E-state index in [1.165, 1.54) is 12.1 Å². The Bertz CT molecular complexity index is 720. The highest BCUT2D eigenvalue weighted by Crippen LogP contribution is 2.17. The van der Waals surface area contributed by atoms with E-state index in [9.17, 15) is 10.1 Å². The number of non-ortho nitro benzene ring substituents is 1. The summed E-state index contributed by atoms with van der Waals surface area (Å²) < 4.78 is 10.8. The average molecular weight is 361 g/mol. The Morgan fingerprint density at radius 3 is 2.32 bits per heavy atom. The fourth-order valence-electron chi connectivity index (χ4n) is 1.96. The first-order valence-corrected chi connectivity index (χ1v) is 7.94. The van der Waals surface area contributed by atoms with Crippen LogP contribution in [0, 0.1) is 10.1 Å². The normalized spacial score (nSPS) is 10.0. The Hall–Kier alpha value is -2.87. The molecular formula is C17H19N3O4S. The van der Waals surface area contributed by atoms with Crippen LogP contribution in [0.25, 0.3) is 0 Å². The van der Waals surface area contributed by atoms with Crippen molar-refractivity contribution in [1.82, 2.24) is 4.90 Å². The number of nitro groups is 1. The number of benzene rings is 2. The van der Waals surface area contributed by atoms with Gasteiger partial charge in [0, 0.05) is 24.9 Å². The maximum absolute atomic E-state index is 10.6. The van der Waals surface area contributed by atoms with E-state index in [-0.39, 0.29) is 5.69 Å². The second-order valence-electron chi connectivity index (χ2n) is 5.18. The molecule has 0 atom stereocenters. The first-order chi connectivity index (χ1) is 12.0. The molecule has 0 fully saturated rings. The van der Waals surface area contributed by atoms with Gasteiger partial charge in [0.2, 0.25) is 0 Å². The molecule has 1 N–H and O–H groups in total. The minimum atomic E-state index is -0.440. The summed E-state index contributed by atoms with van der Waals surface area (Å²) in [6, 6.07) is 13.4. The second-order valence-corrected chi connectivity index (χ2v) is 5.57. The second kappa shape index (κ2) is 8.84. The number of nitro benzene ring substituents is 1. The number of hydrogen-bond donors (Lipinski definition) is 1. The first-order valence-electron chi connectivity index (χ1n) is 7.53. The number of likely N-dealkylation sites (N-methyl/N-ethyl adjacent to an activating group) is 1. The zero-order valence-electron chi connectivity index (χ0n) is 14.0. The summed E-state index contributed by atoms with van der Waals surface area (Å²) in [6.45, 7) is 1.05. The fourth-order valence-corrected chi connectivity index (χ4v) is 2.17. The van der Waals surface area contributed by atoms with Gasteiger partial charge in [-0.1, -0.05) is 0 Å². The van der Waals surface area contributed by atoms with Gasteiger partial charge in [0.05, 0.1) is 18.6 Å². The molecule has 0 amide bonds. The van der Waals surface area contributed by atoms with Crippen LogP contribution in [0.3, 0.4) is 0 Å². The molecule has 2 aromatic rings. The van der Waals surface area contributed by atoms with Gasteiger partial charge in [-0.15, -0.1) is 0 Å². The number of hydrogen-bond acceptors (Lipinski definition) is 5. The van der Waals surface area contributed by atoms with Crippen LogP contribution in [-0.4, -0.2) is 42.2 Å². The summed E-state index contributed by atoms with van der Waals surface area (Å²) >= 11 is 5.31. The number of ether oxygens (including phenoxy) is 2. The van der Waals surface area contributed by atoms with Crippen LogP contribution in [0.2, 0.25) is 0 Å². The smallest absolute Gasteiger partial charge is 0.269 e. The monoisotopic (exact) mass is 361 g/mol. The molecule has 0 radical (unpaired) electrons. The SMILES string of the molecule is COc1ccc(OCCN(C)C(=S)Nc2ccc([N+](=O)[O-])cc2)cc1. The molecule has 7 nitrogen and oxygen atoms in total. The summed E-state index contributed by atoms with van der Waals surface area (Å²) in [5.41, 5.74) is 0.733. The lowest BCUT2D eigenvalue weighted by atomic mass is 10.3. The number of nitrogens with zero attached hydrogens (tertiary/aromatic N) is 2. The lowest BCUT2D eigenvalue weighted by Crippen LogP contribution is -2.34. The van der Waals surface area contributed by atoms with Crippen molar-refractivity contribution in [3.63, 3.8) is 0 Å². The number of nitrogens with one attached hydrogen (secondary N) is 1. The molecule has 0 saturated carbocycles. The maximum Gasteiger partial charge on any atom is 0.269 e. The van der Waals surface area contributed by atoms with E-state index in [0.29, 0.717) is 24.0 Å². The molecule has 2 rings (SSSR count). The van der Waals surface area contributed by atoms with Crippen molar-refractivity contribution in [3.8, 4) is 11.5 Å². The molecule has 25 heavy (non-hydrogen) atoms. The van der Waals surface area contributed by atoms with E-state index in [0.717, 1.165) is 11.5 Å². The van der Waals surface area contributed by atoms with Crippen molar-refractivity contribution < 1.29 is 14.4 Å². The molecule has 0 aliphatic heterocycles. The van der Waals surface area contributed by atoms with Crippen LogP contribution < -0.4 is 14.8 Å². The molecule has 0 aliphatic carbocycles. The zero-order chi connectivity index (χ0) is 18.2. The van der Waals surface area contributed by atoms with Crippen molar-refractivity contribution in [1.29, 1.82) is 0 Å². The number of rotatable bonds is 7. The minimum Gasteiger partial charge on any atom is -0.497 e. The van der Waals surface area contributed by atoms with Crippen LogP contribution in [0.15, 0.2) is 48.5 Å². The molecular weight excluding hydrogens is 342 g/mol. The molecule has 2 aromatic carbocycles. The third-order valence-corrected chi connectivity index (χ3v) is 3.84. The lowest BCUT2D eigenvalue weighted by Gasteiger charge is -2.21. The largest absolute Gasteiger partial charge is 0.497 e. The quantitative estimate of drug-likeness (QED) is 0.460. The van der Waals surface area contributed by atoms with Gasteiger partial charge in [-0.3, -0.25) is 10.1 Å². The summed E-state index contributed by atoms with van der Waals surface area (Å²) in [5, 5.41) is 14.2. The third kappa shape index (κ3) is 5.61. The average Bonchev–Trinajstić information content (AvgIpc) is 2.62. The van der Waals surface area contributed by atoms with Crippen molar-refractivity contribution >= 4 is 28.7 Å². The van der Waals surface area contributed by atoms with E-state index in [1.54, 1.807) is 19.2 Å². The molecule has 0 aromatic heterocycles. The van der Waals surface area contributed by atoms with E-state index in [1.807, 2.05) is 36.2 Å². The molecule has 132 valence electrons. The Kier molecular flexibility index (Phi) is 6.53. The van der Waals surface area contributed by atoms with E-state index < -0.39 is 4.92 Å². The van der Waals surface area contributed by atoms with Gasteiger partial charge in [-0.05, 0) is 48.6 Å². The van der Waals surface area contributed by atoms with Gasteiger partial charge < -0.3 is 19.7 Å². The predicted molar refractivity (Wildman–Crippen MR) is 100 cm³/mol. The van der Waals surface area contributed by atoms with E-state index in [4.69, 9.17) is 21.7 Å². The number of thiocarbonyl (C=S) groups is 1. The Morgan fingerprint density at radius 1 is 1.16 bits per heavy atom. The van der Waals surface area contributed by atoms with Crippen molar-refractivity contribution in [2.75, 3.05) is 32.6 Å². The fraction of sp³-hybridized carbons (Fsp3) is 0.235. The van der Waals surface area contributed by atoms with Gasteiger partial charge in [-0.2, -0.15) is 0 Å². The van der Waals surface area contributed by atoms with Crippen LogP contribution in [0.4, 0.5) is 11.4 Å². The topological polar surface area (TPSA) is 76.9 Å². The van der Waals surface area contributed by atoms with Gasteiger partial charge in [0.15, 0.2) is 5.11 Å². The molecule has 0 saturated heterocycles. The highest BCUT2D eigenvalue weighted by molar-refractivity contribution is 7.80. The molecule has 0 bridgehead atoms. The lowest BCUT2D eigenvalue weighted by molar-refractivity contribution is -0.384. The Balaban J connectivity index is 1.78. The zero-order valence-corrected chi connectivity index (χ0v) is 14.8. The van der Waals surface area contributed by atoms with Gasteiger partial charge >= 0.3 is 0 Å².